The molecule has 0 fully saturated rings. The second kappa shape index (κ2) is 5.59. The molecule has 0 aromatic carbocycles. The SMILES string of the molecule is CC(C)O[Si](C)(C)O[Si](C)(C)OC(C)C. The Kier molecular flexibility index (Phi) is 5.70. The van der Waals surface area contributed by atoms with E-state index in [9.17, 15) is 0 Å². The van der Waals surface area contributed by atoms with E-state index in [1.165, 1.54) is 0 Å². The van der Waals surface area contributed by atoms with Crippen LogP contribution in [0, 0.1) is 0 Å². The first-order chi connectivity index (χ1) is 6.54. The van der Waals surface area contributed by atoms with Gasteiger partial charge in [-0.25, -0.2) is 0 Å². The van der Waals surface area contributed by atoms with Crippen LogP contribution in [0.15, 0.2) is 0 Å². The largest absolute Gasteiger partial charge is 0.415 e. The molecular weight excluding hydrogens is 224 g/mol. The van der Waals surface area contributed by atoms with Gasteiger partial charge in [0.1, 0.15) is 0 Å². The van der Waals surface area contributed by atoms with Gasteiger partial charge in [-0.1, -0.05) is 0 Å². The Bertz CT molecular complexity index is 171. The molecule has 0 amide bonds. The molecule has 0 spiro atoms. The van der Waals surface area contributed by atoms with E-state index >= 15 is 0 Å². The molecule has 0 bridgehead atoms. The Morgan fingerprint density at radius 1 is 0.667 bits per heavy atom. The maximum atomic E-state index is 6.08. The Balaban J connectivity index is 4.29. The highest BCUT2D eigenvalue weighted by molar-refractivity contribution is 6.78. The van der Waals surface area contributed by atoms with Gasteiger partial charge in [0, 0.05) is 12.2 Å². The van der Waals surface area contributed by atoms with Crippen LogP contribution >= 0.6 is 0 Å². The van der Waals surface area contributed by atoms with Crippen molar-refractivity contribution >= 4 is 17.1 Å². The summed E-state index contributed by atoms with van der Waals surface area (Å²) in [7, 11) is -4.06. The zero-order valence-corrected chi connectivity index (χ0v) is 13.4. The first-order valence-electron chi connectivity index (χ1n) is 5.60. The molecule has 0 radical (unpaired) electrons. The summed E-state index contributed by atoms with van der Waals surface area (Å²) in [5.74, 6) is 0. The number of hydrogen-bond donors (Lipinski definition) is 0. The molecule has 0 aromatic rings. The topological polar surface area (TPSA) is 27.7 Å². The van der Waals surface area contributed by atoms with Crippen molar-refractivity contribution in [1.29, 1.82) is 0 Å². The molecule has 0 aromatic heterocycles. The molecule has 5 heteroatoms. The van der Waals surface area contributed by atoms with Gasteiger partial charge in [0.15, 0.2) is 0 Å². The third-order valence-electron chi connectivity index (χ3n) is 1.53. The number of rotatable bonds is 6. The molecule has 92 valence electrons. The maximum Gasteiger partial charge on any atom is 0.323 e. The van der Waals surface area contributed by atoms with E-state index in [4.69, 9.17) is 13.0 Å². The van der Waals surface area contributed by atoms with Crippen molar-refractivity contribution in [2.45, 2.75) is 66.1 Å². The highest BCUT2D eigenvalue weighted by Gasteiger charge is 2.37. The average molecular weight is 250 g/mol. The highest BCUT2D eigenvalue weighted by Crippen LogP contribution is 2.19. The molecule has 0 heterocycles. The quantitative estimate of drug-likeness (QED) is 0.677. The summed E-state index contributed by atoms with van der Waals surface area (Å²) < 4.78 is 17.7. The van der Waals surface area contributed by atoms with Crippen LogP contribution in [0.5, 0.6) is 0 Å². The van der Waals surface area contributed by atoms with Crippen LogP contribution in [0.3, 0.4) is 0 Å². The molecule has 3 nitrogen and oxygen atoms in total. The van der Waals surface area contributed by atoms with Gasteiger partial charge in [-0.2, -0.15) is 0 Å². The van der Waals surface area contributed by atoms with Crippen molar-refractivity contribution < 1.29 is 13.0 Å². The second-order valence-electron chi connectivity index (χ2n) is 5.23. The molecule has 0 saturated heterocycles. The van der Waals surface area contributed by atoms with E-state index in [0.717, 1.165) is 0 Å². The normalized spacial score (nSPS) is 14.0. The van der Waals surface area contributed by atoms with E-state index in [1.54, 1.807) is 0 Å². The molecule has 15 heavy (non-hydrogen) atoms. The van der Waals surface area contributed by atoms with Crippen molar-refractivity contribution in [3.05, 3.63) is 0 Å². The smallest absolute Gasteiger partial charge is 0.323 e. The Hall–Kier alpha value is 0.314. The average Bonchev–Trinajstić information content (AvgIpc) is 1.73. The first-order valence-corrected chi connectivity index (χ1v) is 11.2. The summed E-state index contributed by atoms with van der Waals surface area (Å²) >= 11 is 0. The molecule has 0 saturated carbocycles. The Labute approximate surface area is 96.6 Å². The summed E-state index contributed by atoms with van der Waals surface area (Å²) in [6, 6.07) is 0. The monoisotopic (exact) mass is 250 g/mol. The van der Waals surface area contributed by atoms with Crippen LogP contribution in [-0.2, 0) is 13.0 Å². The first kappa shape index (κ1) is 15.3. The van der Waals surface area contributed by atoms with Gasteiger partial charge in [0.05, 0.1) is 0 Å². The fourth-order valence-electron chi connectivity index (χ4n) is 1.78. The third kappa shape index (κ3) is 8.16. The van der Waals surface area contributed by atoms with Crippen LogP contribution < -0.4 is 0 Å². The van der Waals surface area contributed by atoms with Crippen molar-refractivity contribution in [3.8, 4) is 0 Å². The minimum absolute atomic E-state index is 0.218. The zero-order chi connectivity index (χ0) is 12.3. The number of hydrogen-bond acceptors (Lipinski definition) is 3. The van der Waals surface area contributed by atoms with Crippen LogP contribution in [0.25, 0.3) is 0 Å². The Morgan fingerprint density at radius 2 is 0.933 bits per heavy atom. The summed E-state index contributed by atoms with van der Waals surface area (Å²) in [5, 5.41) is 0. The highest BCUT2D eigenvalue weighted by atomic mass is 28.5. The minimum atomic E-state index is -2.03. The molecule has 0 rings (SSSR count). The van der Waals surface area contributed by atoms with E-state index in [-0.39, 0.29) is 12.2 Å². The van der Waals surface area contributed by atoms with Crippen LogP contribution in [0.2, 0.25) is 26.2 Å². The van der Waals surface area contributed by atoms with Crippen LogP contribution in [-0.4, -0.2) is 29.3 Å². The summed E-state index contributed by atoms with van der Waals surface area (Å²) in [4.78, 5) is 0. The molecular formula is C10H26O3Si2. The Morgan fingerprint density at radius 3 is 1.13 bits per heavy atom. The summed E-state index contributed by atoms with van der Waals surface area (Å²) in [5.41, 5.74) is 0. The van der Waals surface area contributed by atoms with E-state index in [0.29, 0.717) is 0 Å². The predicted molar refractivity (Wildman–Crippen MR) is 68.5 cm³/mol. The molecule has 0 aliphatic heterocycles. The molecule has 0 atom stereocenters. The van der Waals surface area contributed by atoms with E-state index in [2.05, 4.69) is 26.2 Å². The predicted octanol–water partition coefficient (Wildman–Crippen LogP) is 3.26. The van der Waals surface area contributed by atoms with Crippen molar-refractivity contribution in [2.24, 2.45) is 0 Å². The molecule has 0 aliphatic carbocycles. The third-order valence-corrected chi connectivity index (χ3v) is 7.54. The van der Waals surface area contributed by atoms with Gasteiger partial charge < -0.3 is 13.0 Å². The van der Waals surface area contributed by atoms with Gasteiger partial charge in [-0.05, 0) is 53.9 Å². The fraction of sp³-hybridized carbons (Fsp3) is 1.00. The lowest BCUT2D eigenvalue weighted by atomic mass is 10.5. The molecule has 0 N–H and O–H groups in total. The van der Waals surface area contributed by atoms with Gasteiger partial charge in [-0.3, -0.25) is 0 Å². The molecule has 0 unspecified atom stereocenters. The van der Waals surface area contributed by atoms with E-state index < -0.39 is 17.1 Å². The van der Waals surface area contributed by atoms with Crippen LogP contribution in [0.1, 0.15) is 27.7 Å². The second-order valence-corrected chi connectivity index (χ2v) is 12.1. The van der Waals surface area contributed by atoms with Crippen molar-refractivity contribution in [1.82, 2.24) is 0 Å². The van der Waals surface area contributed by atoms with Crippen molar-refractivity contribution in [2.75, 3.05) is 0 Å². The van der Waals surface area contributed by atoms with Gasteiger partial charge in [-0.15, -0.1) is 0 Å². The van der Waals surface area contributed by atoms with Crippen LogP contribution in [0.4, 0.5) is 0 Å². The molecule has 0 aliphatic rings. The standard InChI is InChI=1S/C10H26O3Si2/c1-9(2)11-14(5,6)13-15(7,8)12-10(3)4/h9-10H,1-8H3. The van der Waals surface area contributed by atoms with Gasteiger partial charge >= 0.3 is 17.1 Å². The zero-order valence-electron chi connectivity index (χ0n) is 11.4. The lowest BCUT2D eigenvalue weighted by molar-refractivity contribution is 0.144. The van der Waals surface area contributed by atoms with Gasteiger partial charge in [0.2, 0.25) is 0 Å². The van der Waals surface area contributed by atoms with Crippen molar-refractivity contribution in [3.63, 3.8) is 0 Å². The van der Waals surface area contributed by atoms with E-state index in [1.807, 2.05) is 27.7 Å². The minimum Gasteiger partial charge on any atom is -0.415 e. The lowest BCUT2D eigenvalue weighted by Crippen LogP contribution is -2.50. The lowest BCUT2D eigenvalue weighted by Gasteiger charge is -2.34. The fourth-order valence-corrected chi connectivity index (χ4v) is 9.17. The summed E-state index contributed by atoms with van der Waals surface area (Å²) in [6.07, 6.45) is 0.436. The maximum absolute atomic E-state index is 6.08. The van der Waals surface area contributed by atoms with Gasteiger partial charge in [0.25, 0.3) is 0 Å². The summed E-state index contributed by atoms with van der Waals surface area (Å²) in [6.45, 7) is 16.5.